The van der Waals surface area contributed by atoms with Crippen LogP contribution in [-0.4, -0.2) is 42.0 Å². The molecule has 0 saturated carbocycles. The van der Waals surface area contributed by atoms with Gasteiger partial charge in [-0.3, -0.25) is 4.90 Å². The van der Waals surface area contributed by atoms with E-state index < -0.39 is 0 Å². The molecule has 1 fully saturated rings. The molecule has 0 spiro atoms. The minimum Gasteiger partial charge on any atom is -0.469 e. The highest BCUT2D eigenvalue weighted by Gasteiger charge is 2.26. The molecule has 1 aliphatic heterocycles. The predicted molar refractivity (Wildman–Crippen MR) is 106 cm³/mol. The van der Waals surface area contributed by atoms with Gasteiger partial charge in [-0.05, 0) is 43.0 Å². The van der Waals surface area contributed by atoms with Crippen molar-refractivity contribution < 1.29 is 9.21 Å². The molecule has 5 nitrogen and oxygen atoms in total. The van der Waals surface area contributed by atoms with Gasteiger partial charge in [-0.15, -0.1) is 0 Å². The lowest BCUT2D eigenvalue weighted by Crippen LogP contribution is -2.43. The molecular formula is C21H26ClN3O2. The van der Waals surface area contributed by atoms with Gasteiger partial charge >= 0.3 is 6.03 Å². The molecule has 1 aromatic heterocycles. The SMILES string of the molecule is O=C(NC1CCCc2occc21)N1CCCN(Cc2ccc(Cl)cc2)CC1. The van der Waals surface area contributed by atoms with Crippen molar-refractivity contribution in [3.63, 3.8) is 0 Å². The molecule has 6 heteroatoms. The second-order valence-electron chi connectivity index (χ2n) is 7.44. The molecule has 1 unspecified atom stereocenters. The first-order chi connectivity index (χ1) is 13.2. The Balaban J connectivity index is 1.31. The van der Waals surface area contributed by atoms with E-state index in [0.29, 0.717) is 0 Å². The second kappa shape index (κ2) is 8.36. The molecule has 27 heavy (non-hydrogen) atoms. The van der Waals surface area contributed by atoms with Crippen molar-refractivity contribution in [1.82, 2.24) is 15.1 Å². The van der Waals surface area contributed by atoms with Crippen LogP contribution >= 0.6 is 11.6 Å². The number of hydrogen-bond donors (Lipinski definition) is 1. The fraction of sp³-hybridized carbons (Fsp3) is 0.476. The first kappa shape index (κ1) is 18.4. The third-order valence-corrected chi connectivity index (χ3v) is 5.80. The van der Waals surface area contributed by atoms with E-state index in [-0.39, 0.29) is 12.1 Å². The van der Waals surface area contributed by atoms with Gasteiger partial charge in [0.1, 0.15) is 5.76 Å². The van der Waals surface area contributed by atoms with E-state index >= 15 is 0 Å². The Kier molecular flexibility index (Phi) is 5.69. The Morgan fingerprint density at radius 3 is 2.81 bits per heavy atom. The molecule has 1 N–H and O–H groups in total. The van der Waals surface area contributed by atoms with Gasteiger partial charge in [0.15, 0.2) is 0 Å². The van der Waals surface area contributed by atoms with Crippen molar-refractivity contribution >= 4 is 17.6 Å². The number of halogens is 1. The molecule has 0 radical (unpaired) electrons. The number of urea groups is 1. The Hall–Kier alpha value is -1.98. The summed E-state index contributed by atoms with van der Waals surface area (Å²) in [4.78, 5) is 17.2. The lowest BCUT2D eigenvalue weighted by Gasteiger charge is -2.27. The van der Waals surface area contributed by atoms with Crippen LogP contribution in [0.5, 0.6) is 0 Å². The molecule has 2 amide bonds. The second-order valence-corrected chi connectivity index (χ2v) is 7.87. The quantitative estimate of drug-likeness (QED) is 0.857. The van der Waals surface area contributed by atoms with Crippen LogP contribution in [0.2, 0.25) is 5.02 Å². The van der Waals surface area contributed by atoms with Gasteiger partial charge in [-0.2, -0.15) is 0 Å². The van der Waals surface area contributed by atoms with Crippen LogP contribution < -0.4 is 5.32 Å². The maximum Gasteiger partial charge on any atom is 0.317 e. The smallest absolute Gasteiger partial charge is 0.317 e. The van der Waals surface area contributed by atoms with Crippen molar-refractivity contribution in [2.24, 2.45) is 0 Å². The number of amides is 2. The van der Waals surface area contributed by atoms with Crippen LogP contribution in [0.4, 0.5) is 4.79 Å². The van der Waals surface area contributed by atoms with Crippen LogP contribution in [0, 0.1) is 0 Å². The maximum atomic E-state index is 12.8. The average molecular weight is 388 g/mol. The van der Waals surface area contributed by atoms with Crippen LogP contribution in [0.25, 0.3) is 0 Å². The number of carbonyl (C=O) groups excluding carboxylic acids is 1. The average Bonchev–Trinajstić information content (AvgIpc) is 3.04. The minimum absolute atomic E-state index is 0.0439. The molecule has 2 heterocycles. The number of rotatable bonds is 3. The lowest BCUT2D eigenvalue weighted by molar-refractivity contribution is 0.192. The van der Waals surface area contributed by atoms with Gasteiger partial charge in [0.05, 0.1) is 12.3 Å². The summed E-state index contributed by atoms with van der Waals surface area (Å²) in [7, 11) is 0. The number of carbonyl (C=O) groups is 1. The van der Waals surface area contributed by atoms with E-state index in [9.17, 15) is 4.79 Å². The molecule has 4 rings (SSSR count). The maximum absolute atomic E-state index is 12.8. The fourth-order valence-corrected chi connectivity index (χ4v) is 4.18. The topological polar surface area (TPSA) is 48.7 Å². The number of aryl methyl sites for hydroxylation is 1. The highest BCUT2D eigenvalue weighted by molar-refractivity contribution is 6.30. The third-order valence-electron chi connectivity index (χ3n) is 5.54. The fourth-order valence-electron chi connectivity index (χ4n) is 4.06. The van der Waals surface area contributed by atoms with Crippen molar-refractivity contribution in [3.05, 3.63) is 58.5 Å². The number of fused-ring (bicyclic) bond motifs is 1. The summed E-state index contributed by atoms with van der Waals surface area (Å²) in [5.41, 5.74) is 2.40. The molecule has 2 aliphatic rings. The molecule has 0 bridgehead atoms. The largest absolute Gasteiger partial charge is 0.469 e. The zero-order valence-corrected chi connectivity index (χ0v) is 16.3. The summed E-state index contributed by atoms with van der Waals surface area (Å²) in [6.45, 7) is 4.34. The van der Waals surface area contributed by atoms with Gasteiger partial charge in [0.25, 0.3) is 0 Å². The normalized spacial score (nSPS) is 20.8. The zero-order valence-electron chi connectivity index (χ0n) is 15.5. The van der Waals surface area contributed by atoms with E-state index in [1.807, 2.05) is 23.1 Å². The number of nitrogens with one attached hydrogen (secondary N) is 1. The summed E-state index contributed by atoms with van der Waals surface area (Å²) in [5.74, 6) is 1.02. The van der Waals surface area contributed by atoms with Crippen LogP contribution in [0.1, 0.15) is 42.2 Å². The van der Waals surface area contributed by atoms with E-state index in [4.69, 9.17) is 16.0 Å². The van der Waals surface area contributed by atoms with Crippen LogP contribution in [-0.2, 0) is 13.0 Å². The van der Waals surface area contributed by atoms with Gasteiger partial charge in [0.2, 0.25) is 0 Å². The zero-order chi connectivity index (χ0) is 18.6. The van der Waals surface area contributed by atoms with E-state index in [1.54, 1.807) is 6.26 Å². The van der Waals surface area contributed by atoms with Crippen LogP contribution in [0.15, 0.2) is 41.0 Å². The first-order valence-corrected chi connectivity index (χ1v) is 10.2. The standard InChI is InChI=1S/C21H26ClN3O2/c22-17-7-5-16(6-8-17)15-24-10-2-11-25(13-12-24)21(26)23-19-3-1-4-20-18(19)9-14-27-20/h5-9,14,19H,1-4,10-13,15H2,(H,23,26). The summed E-state index contributed by atoms with van der Waals surface area (Å²) in [6.07, 6.45) is 5.73. The number of hydrogen-bond acceptors (Lipinski definition) is 3. The van der Waals surface area contributed by atoms with Crippen LogP contribution in [0.3, 0.4) is 0 Å². The molecule has 144 valence electrons. The van der Waals surface area contributed by atoms with Gasteiger partial charge in [-0.1, -0.05) is 23.7 Å². The summed E-state index contributed by atoms with van der Waals surface area (Å²) in [5, 5.41) is 3.99. The molecular weight excluding hydrogens is 362 g/mol. The van der Waals surface area contributed by atoms with Crippen molar-refractivity contribution in [3.8, 4) is 0 Å². The monoisotopic (exact) mass is 387 g/mol. The molecule has 1 aromatic carbocycles. The Labute approximate surface area is 165 Å². The van der Waals surface area contributed by atoms with Crippen molar-refractivity contribution in [2.45, 2.75) is 38.3 Å². The summed E-state index contributed by atoms with van der Waals surface area (Å²) < 4.78 is 5.53. The molecule has 1 saturated heterocycles. The third kappa shape index (κ3) is 4.47. The van der Waals surface area contributed by atoms with E-state index in [0.717, 1.165) is 74.8 Å². The molecule has 1 atom stereocenters. The highest BCUT2D eigenvalue weighted by Crippen LogP contribution is 2.30. The Morgan fingerprint density at radius 2 is 1.96 bits per heavy atom. The number of benzene rings is 1. The summed E-state index contributed by atoms with van der Waals surface area (Å²) >= 11 is 5.97. The highest BCUT2D eigenvalue weighted by atomic mass is 35.5. The van der Waals surface area contributed by atoms with E-state index in [2.05, 4.69) is 22.3 Å². The van der Waals surface area contributed by atoms with E-state index in [1.165, 1.54) is 5.56 Å². The number of furan rings is 1. The number of nitrogens with zero attached hydrogens (tertiary/aromatic N) is 2. The predicted octanol–water partition coefficient (Wildman–Crippen LogP) is 4.23. The molecule has 1 aliphatic carbocycles. The van der Waals surface area contributed by atoms with Crippen molar-refractivity contribution in [2.75, 3.05) is 26.2 Å². The first-order valence-electron chi connectivity index (χ1n) is 9.77. The Morgan fingerprint density at radius 1 is 1.11 bits per heavy atom. The lowest BCUT2D eigenvalue weighted by atomic mass is 9.93. The molecule has 2 aromatic rings. The van der Waals surface area contributed by atoms with Crippen molar-refractivity contribution in [1.29, 1.82) is 0 Å². The summed E-state index contributed by atoms with van der Waals surface area (Å²) in [6, 6.07) is 10.1. The Bertz CT molecular complexity index is 774. The minimum atomic E-state index is 0.0439. The van der Waals surface area contributed by atoms with Gasteiger partial charge in [0, 0.05) is 49.7 Å². The van der Waals surface area contributed by atoms with Gasteiger partial charge in [-0.25, -0.2) is 4.79 Å². The van der Waals surface area contributed by atoms with Gasteiger partial charge < -0.3 is 14.6 Å².